The van der Waals surface area contributed by atoms with Crippen molar-refractivity contribution in [2.75, 3.05) is 20.7 Å². The molecule has 110 valence electrons. The lowest BCUT2D eigenvalue weighted by atomic mass is 10.2. The maximum Gasteiger partial charge on any atom is 0.354 e. The summed E-state index contributed by atoms with van der Waals surface area (Å²) in [6.45, 7) is -0.307. The molecule has 1 aliphatic rings. The molecule has 0 saturated carbocycles. The molecule has 0 bridgehead atoms. The zero-order valence-corrected chi connectivity index (χ0v) is 11.2. The average Bonchev–Trinajstić information content (AvgIpc) is 2.77. The predicted octanol–water partition coefficient (Wildman–Crippen LogP) is -1.50. The van der Waals surface area contributed by atoms with E-state index < -0.39 is 24.1 Å². The van der Waals surface area contributed by atoms with Gasteiger partial charge in [-0.15, -0.1) is 0 Å². The number of ether oxygens (including phenoxy) is 1. The van der Waals surface area contributed by atoms with Gasteiger partial charge < -0.3 is 19.8 Å². The van der Waals surface area contributed by atoms with Crippen molar-refractivity contribution in [3.8, 4) is 0 Å². The van der Waals surface area contributed by atoms with Crippen molar-refractivity contribution in [3.05, 3.63) is 16.8 Å². The number of aromatic nitrogens is 3. The van der Waals surface area contributed by atoms with Crippen LogP contribution in [0.15, 0.2) is 16.1 Å². The Kier molecular flexibility index (Phi) is 4.42. The first-order valence-corrected chi connectivity index (χ1v) is 6.11. The summed E-state index contributed by atoms with van der Waals surface area (Å²) >= 11 is 0. The second-order valence-corrected chi connectivity index (χ2v) is 4.67. The van der Waals surface area contributed by atoms with E-state index >= 15 is 0 Å². The summed E-state index contributed by atoms with van der Waals surface area (Å²) in [5.74, 6) is 0.0530. The van der Waals surface area contributed by atoms with Crippen LogP contribution in [0.25, 0.3) is 0 Å². The molecule has 20 heavy (non-hydrogen) atoms. The highest BCUT2D eigenvalue weighted by Gasteiger charge is 2.35. The van der Waals surface area contributed by atoms with Crippen LogP contribution in [0.4, 0.5) is 5.95 Å². The summed E-state index contributed by atoms with van der Waals surface area (Å²) in [5, 5.41) is 18.7. The highest BCUT2D eigenvalue weighted by atomic mass is 16.5. The van der Waals surface area contributed by atoms with Crippen LogP contribution in [0.1, 0.15) is 12.6 Å². The van der Waals surface area contributed by atoms with Gasteiger partial charge in [0.1, 0.15) is 18.7 Å². The summed E-state index contributed by atoms with van der Waals surface area (Å²) in [6, 6.07) is 0. The fraction of sp³-hybridized carbons (Fsp3) is 0.636. The lowest BCUT2D eigenvalue weighted by Crippen LogP contribution is -2.28. The zero-order chi connectivity index (χ0) is 14.7. The van der Waals surface area contributed by atoms with Gasteiger partial charge in [0.2, 0.25) is 0 Å². The zero-order valence-electron chi connectivity index (χ0n) is 11.2. The SMILES string of the molecule is CN(C)C=Nc1ncn([C@H]2C[C@@H](O)C(CO)O2)c(=O)n1. The van der Waals surface area contributed by atoms with Gasteiger partial charge in [-0.3, -0.25) is 4.57 Å². The van der Waals surface area contributed by atoms with Crippen LogP contribution < -0.4 is 5.69 Å². The molecule has 9 heteroatoms. The van der Waals surface area contributed by atoms with E-state index in [-0.39, 0.29) is 19.0 Å². The van der Waals surface area contributed by atoms with Gasteiger partial charge in [0.05, 0.1) is 19.0 Å². The van der Waals surface area contributed by atoms with Crippen molar-refractivity contribution in [1.29, 1.82) is 0 Å². The Morgan fingerprint density at radius 2 is 2.40 bits per heavy atom. The summed E-state index contributed by atoms with van der Waals surface area (Å²) < 4.78 is 6.54. The molecule has 1 saturated heterocycles. The van der Waals surface area contributed by atoms with Crippen molar-refractivity contribution in [3.63, 3.8) is 0 Å². The van der Waals surface area contributed by atoms with Gasteiger partial charge >= 0.3 is 5.69 Å². The quantitative estimate of drug-likeness (QED) is 0.510. The Morgan fingerprint density at radius 3 is 2.95 bits per heavy atom. The van der Waals surface area contributed by atoms with Gasteiger partial charge in [0.25, 0.3) is 5.95 Å². The lowest BCUT2D eigenvalue weighted by Gasteiger charge is -2.13. The number of aliphatic imine (C=N–C) groups is 1. The largest absolute Gasteiger partial charge is 0.394 e. The van der Waals surface area contributed by atoms with Gasteiger partial charge in [0.15, 0.2) is 0 Å². The molecule has 9 nitrogen and oxygen atoms in total. The minimum atomic E-state index is -0.816. The molecular weight excluding hydrogens is 266 g/mol. The number of hydrogen-bond acceptors (Lipinski definition) is 7. The van der Waals surface area contributed by atoms with Crippen LogP contribution in [0.5, 0.6) is 0 Å². The van der Waals surface area contributed by atoms with Crippen LogP contribution >= 0.6 is 0 Å². The van der Waals surface area contributed by atoms with Gasteiger partial charge in [0, 0.05) is 20.5 Å². The maximum atomic E-state index is 11.9. The Bertz CT molecular complexity index is 544. The third-order valence-electron chi connectivity index (χ3n) is 2.81. The second kappa shape index (κ2) is 6.07. The van der Waals surface area contributed by atoms with Crippen LogP contribution in [0, 0.1) is 0 Å². The van der Waals surface area contributed by atoms with Gasteiger partial charge in [-0.05, 0) is 0 Å². The second-order valence-electron chi connectivity index (χ2n) is 4.67. The smallest absolute Gasteiger partial charge is 0.354 e. The van der Waals surface area contributed by atoms with Crippen molar-refractivity contribution in [2.45, 2.75) is 24.9 Å². The van der Waals surface area contributed by atoms with E-state index in [4.69, 9.17) is 9.84 Å². The first kappa shape index (κ1) is 14.6. The Hall–Kier alpha value is -1.84. The fourth-order valence-electron chi connectivity index (χ4n) is 1.81. The Morgan fingerprint density at radius 1 is 1.65 bits per heavy atom. The number of rotatable bonds is 4. The molecule has 1 aromatic heterocycles. The molecule has 1 aliphatic heterocycles. The van der Waals surface area contributed by atoms with Crippen molar-refractivity contribution >= 4 is 12.3 Å². The lowest BCUT2D eigenvalue weighted by molar-refractivity contribution is -0.0462. The molecule has 3 atom stereocenters. The average molecular weight is 283 g/mol. The van der Waals surface area contributed by atoms with E-state index in [9.17, 15) is 9.90 Å². The van der Waals surface area contributed by atoms with Gasteiger partial charge in [-0.25, -0.2) is 14.8 Å². The topological polar surface area (TPSA) is 113 Å². The van der Waals surface area contributed by atoms with Crippen LogP contribution in [-0.4, -0.2) is 68.9 Å². The number of nitrogens with zero attached hydrogens (tertiary/aromatic N) is 5. The van der Waals surface area contributed by atoms with E-state index in [2.05, 4.69) is 15.0 Å². The van der Waals surface area contributed by atoms with E-state index in [1.54, 1.807) is 19.0 Å². The number of hydrogen-bond donors (Lipinski definition) is 2. The third kappa shape index (κ3) is 3.18. The van der Waals surface area contributed by atoms with E-state index in [1.165, 1.54) is 17.2 Å². The summed E-state index contributed by atoms with van der Waals surface area (Å²) in [5.41, 5.74) is -0.568. The van der Waals surface area contributed by atoms with Gasteiger partial charge in [-0.1, -0.05) is 0 Å². The number of aliphatic hydroxyl groups excluding tert-OH is 2. The fourth-order valence-corrected chi connectivity index (χ4v) is 1.81. The monoisotopic (exact) mass is 283 g/mol. The highest BCUT2D eigenvalue weighted by molar-refractivity contribution is 5.57. The first-order chi connectivity index (χ1) is 9.51. The normalized spacial score (nSPS) is 26.3. The van der Waals surface area contributed by atoms with E-state index in [0.717, 1.165) is 0 Å². The molecule has 1 fully saturated rings. The van der Waals surface area contributed by atoms with E-state index in [0.29, 0.717) is 0 Å². The first-order valence-electron chi connectivity index (χ1n) is 6.11. The summed E-state index contributed by atoms with van der Waals surface area (Å²) in [6.07, 6.45) is 0.767. The third-order valence-corrected chi connectivity index (χ3v) is 2.81. The maximum absolute atomic E-state index is 11.9. The molecule has 0 aromatic carbocycles. The summed E-state index contributed by atoms with van der Waals surface area (Å²) in [4.78, 5) is 25.1. The van der Waals surface area contributed by atoms with Crippen LogP contribution in [0.2, 0.25) is 0 Å². The predicted molar refractivity (Wildman–Crippen MR) is 69.8 cm³/mol. The molecule has 0 aliphatic carbocycles. The molecule has 0 radical (unpaired) electrons. The molecule has 1 aromatic rings. The van der Waals surface area contributed by atoms with Crippen molar-refractivity contribution in [2.24, 2.45) is 4.99 Å². The van der Waals surface area contributed by atoms with E-state index in [1.807, 2.05) is 0 Å². The molecule has 0 amide bonds. The minimum Gasteiger partial charge on any atom is -0.394 e. The molecular formula is C11H17N5O4. The number of aliphatic hydroxyl groups is 2. The Labute approximate surface area is 115 Å². The van der Waals surface area contributed by atoms with Gasteiger partial charge in [-0.2, -0.15) is 4.98 Å². The standard InChI is InChI=1S/C11H17N5O4/c1-15(2)5-12-10-13-6-16(11(19)14-10)9-3-7(18)8(4-17)20-9/h5-9,17-18H,3-4H2,1-2H3/t7-,8?,9-/m1/s1. The van der Waals surface area contributed by atoms with Crippen LogP contribution in [0.3, 0.4) is 0 Å². The molecule has 0 spiro atoms. The molecule has 2 heterocycles. The van der Waals surface area contributed by atoms with Crippen molar-refractivity contribution < 1.29 is 14.9 Å². The molecule has 2 N–H and O–H groups in total. The Balaban J connectivity index is 2.17. The minimum absolute atomic E-state index is 0.0530. The summed E-state index contributed by atoms with van der Waals surface area (Å²) in [7, 11) is 3.57. The van der Waals surface area contributed by atoms with Crippen molar-refractivity contribution in [1.82, 2.24) is 19.4 Å². The van der Waals surface area contributed by atoms with Crippen LogP contribution in [-0.2, 0) is 4.74 Å². The molecule has 1 unspecified atom stereocenters. The highest BCUT2D eigenvalue weighted by Crippen LogP contribution is 2.27. The molecule has 2 rings (SSSR count).